The fourth-order valence-electron chi connectivity index (χ4n) is 4.04. The lowest BCUT2D eigenvalue weighted by Crippen LogP contribution is -2.16. The van der Waals surface area contributed by atoms with Crippen LogP contribution >= 0.6 is 11.3 Å². The Morgan fingerprint density at radius 1 is 1.03 bits per heavy atom. The van der Waals surface area contributed by atoms with Crippen LogP contribution < -0.4 is 5.32 Å². The van der Waals surface area contributed by atoms with Gasteiger partial charge < -0.3 is 10.1 Å². The molecule has 5 nitrogen and oxygen atoms in total. The second-order valence-corrected chi connectivity index (χ2v) is 8.98. The number of aromatic nitrogens is 1. The highest BCUT2D eigenvalue weighted by atomic mass is 32.1. The van der Waals surface area contributed by atoms with E-state index in [-0.39, 0.29) is 12.5 Å². The normalized spacial score (nSPS) is 10.9. The number of hydrogen-bond acceptors (Lipinski definition) is 5. The smallest absolute Gasteiger partial charge is 0.341 e. The summed E-state index contributed by atoms with van der Waals surface area (Å²) in [7, 11) is 0. The fourth-order valence-corrected chi connectivity index (χ4v) is 5.17. The zero-order chi connectivity index (χ0) is 23.5. The molecule has 2 heterocycles. The minimum absolute atomic E-state index is 0.277. The summed E-state index contributed by atoms with van der Waals surface area (Å²) in [5.41, 5.74) is 5.41. The molecular weight excluding hydrogens is 432 g/mol. The summed E-state index contributed by atoms with van der Waals surface area (Å²) < 4.78 is 5.28. The molecular formula is C27H26N2O3S. The van der Waals surface area contributed by atoms with E-state index >= 15 is 0 Å². The number of para-hydroxylation sites is 1. The highest BCUT2D eigenvalue weighted by Crippen LogP contribution is 2.35. The van der Waals surface area contributed by atoms with E-state index in [1.165, 1.54) is 11.3 Å². The van der Waals surface area contributed by atoms with Crippen molar-refractivity contribution in [3.05, 3.63) is 81.7 Å². The van der Waals surface area contributed by atoms with Gasteiger partial charge in [-0.05, 0) is 50.5 Å². The first-order valence-electron chi connectivity index (χ1n) is 11.0. The average molecular weight is 459 g/mol. The Morgan fingerprint density at radius 2 is 1.76 bits per heavy atom. The van der Waals surface area contributed by atoms with Crippen LogP contribution in [0.15, 0.2) is 54.6 Å². The minimum Gasteiger partial charge on any atom is -0.462 e. The number of esters is 1. The van der Waals surface area contributed by atoms with Gasteiger partial charge in [-0.1, -0.05) is 49.4 Å². The van der Waals surface area contributed by atoms with Crippen molar-refractivity contribution in [1.29, 1.82) is 0 Å². The number of hydrogen-bond donors (Lipinski definition) is 1. The number of anilines is 1. The number of nitrogens with one attached hydrogen (secondary N) is 1. The summed E-state index contributed by atoms with van der Waals surface area (Å²) in [6, 6.07) is 17.4. The van der Waals surface area contributed by atoms with Gasteiger partial charge in [-0.2, -0.15) is 0 Å². The van der Waals surface area contributed by atoms with Crippen molar-refractivity contribution in [1.82, 2.24) is 4.98 Å². The third kappa shape index (κ3) is 4.39. The molecule has 0 spiro atoms. The summed E-state index contributed by atoms with van der Waals surface area (Å²) in [6.07, 6.45) is 0.683. The Labute approximate surface area is 197 Å². The predicted molar refractivity (Wildman–Crippen MR) is 134 cm³/mol. The largest absolute Gasteiger partial charge is 0.462 e. The quantitative estimate of drug-likeness (QED) is 0.332. The van der Waals surface area contributed by atoms with Crippen molar-refractivity contribution >= 4 is 39.1 Å². The van der Waals surface area contributed by atoms with E-state index in [0.717, 1.165) is 38.2 Å². The molecule has 1 amide bonds. The number of thiophene rings is 1. The molecule has 0 radical (unpaired) electrons. The molecule has 0 fully saturated rings. The van der Waals surface area contributed by atoms with Crippen molar-refractivity contribution in [2.24, 2.45) is 0 Å². The third-order valence-corrected chi connectivity index (χ3v) is 6.71. The fraction of sp³-hybridized carbons (Fsp3) is 0.222. The maximum absolute atomic E-state index is 13.6. The van der Waals surface area contributed by atoms with E-state index in [0.29, 0.717) is 22.5 Å². The Kier molecular flexibility index (Phi) is 6.56. The highest BCUT2D eigenvalue weighted by molar-refractivity contribution is 7.16. The number of pyridine rings is 1. The number of amides is 1. The lowest BCUT2D eigenvalue weighted by molar-refractivity contribution is 0.0527. The Balaban J connectivity index is 1.81. The van der Waals surface area contributed by atoms with Crippen molar-refractivity contribution in [3.8, 4) is 11.3 Å². The van der Waals surface area contributed by atoms with Gasteiger partial charge in [0.2, 0.25) is 0 Å². The number of ether oxygens (including phenoxy) is 1. The molecule has 0 aliphatic carbocycles. The van der Waals surface area contributed by atoms with E-state index in [4.69, 9.17) is 9.72 Å². The van der Waals surface area contributed by atoms with Gasteiger partial charge in [0.15, 0.2) is 0 Å². The number of fused-ring (bicyclic) bond motifs is 1. The average Bonchev–Trinajstić information content (AvgIpc) is 3.13. The number of nitrogens with zero attached hydrogens (tertiary/aromatic N) is 1. The molecule has 0 bridgehead atoms. The predicted octanol–water partition coefficient (Wildman–Crippen LogP) is 6.57. The SMILES string of the molecule is CCOC(=O)c1c(NC(=O)c2cc(-c3ccccc3C)nc3ccccc23)sc(C)c1CC. The Morgan fingerprint density at radius 3 is 2.48 bits per heavy atom. The van der Waals surface area contributed by atoms with Crippen molar-refractivity contribution in [2.75, 3.05) is 11.9 Å². The zero-order valence-corrected chi connectivity index (χ0v) is 20.0. The van der Waals surface area contributed by atoms with Crippen LogP contribution in [0.1, 0.15) is 50.6 Å². The maximum Gasteiger partial charge on any atom is 0.341 e. The van der Waals surface area contributed by atoms with Gasteiger partial charge in [-0.25, -0.2) is 9.78 Å². The third-order valence-electron chi connectivity index (χ3n) is 5.65. The Hall–Kier alpha value is -3.51. The molecule has 0 atom stereocenters. The van der Waals surface area contributed by atoms with Gasteiger partial charge in [-0.15, -0.1) is 11.3 Å². The van der Waals surface area contributed by atoms with E-state index < -0.39 is 5.97 Å². The number of aryl methyl sites for hydroxylation is 2. The van der Waals surface area contributed by atoms with Crippen molar-refractivity contribution < 1.29 is 14.3 Å². The lowest BCUT2D eigenvalue weighted by Gasteiger charge is -2.12. The standard InChI is InChI=1S/C27H26N2O3S/c1-5-18-17(4)33-26(24(18)27(31)32-6-2)29-25(30)21-15-23(19-12-8-7-11-16(19)3)28-22-14-10-9-13-20(21)22/h7-15H,5-6H2,1-4H3,(H,29,30). The van der Waals surface area contributed by atoms with Gasteiger partial charge in [0.05, 0.1) is 28.9 Å². The van der Waals surface area contributed by atoms with Crippen molar-refractivity contribution in [3.63, 3.8) is 0 Å². The molecule has 4 rings (SSSR count). The zero-order valence-electron chi connectivity index (χ0n) is 19.2. The van der Waals surface area contributed by atoms with E-state index in [1.807, 2.05) is 75.4 Å². The second-order valence-electron chi connectivity index (χ2n) is 7.76. The highest BCUT2D eigenvalue weighted by Gasteiger charge is 2.24. The molecule has 0 saturated heterocycles. The molecule has 33 heavy (non-hydrogen) atoms. The summed E-state index contributed by atoms with van der Waals surface area (Å²) >= 11 is 1.40. The van der Waals surface area contributed by atoms with Crippen LogP contribution in [0, 0.1) is 13.8 Å². The summed E-state index contributed by atoms with van der Waals surface area (Å²) in [4.78, 5) is 32.0. The van der Waals surface area contributed by atoms with E-state index in [2.05, 4.69) is 5.32 Å². The lowest BCUT2D eigenvalue weighted by atomic mass is 10.0. The first kappa shape index (κ1) is 22.7. The first-order valence-corrected chi connectivity index (χ1v) is 11.8. The van der Waals surface area contributed by atoms with Gasteiger partial charge in [0, 0.05) is 15.8 Å². The Bertz CT molecular complexity index is 1360. The summed E-state index contributed by atoms with van der Waals surface area (Å²) in [5.74, 6) is -0.688. The molecule has 168 valence electrons. The van der Waals surface area contributed by atoms with Crippen molar-refractivity contribution in [2.45, 2.75) is 34.1 Å². The molecule has 4 aromatic rings. The van der Waals surface area contributed by atoms with E-state index in [9.17, 15) is 9.59 Å². The topological polar surface area (TPSA) is 68.3 Å². The number of benzene rings is 2. The van der Waals surface area contributed by atoms with Crippen LogP contribution in [-0.4, -0.2) is 23.5 Å². The number of rotatable bonds is 6. The first-order chi connectivity index (χ1) is 15.9. The van der Waals surface area contributed by atoms with Gasteiger partial charge in [0.25, 0.3) is 5.91 Å². The van der Waals surface area contributed by atoms with Gasteiger partial charge in [-0.3, -0.25) is 4.79 Å². The van der Waals surface area contributed by atoms with Crippen LogP contribution in [0.5, 0.6) is 0 Å². The summed E-state index contributed by atoms with van der Waals surface area (Å²) in [5, 5.41) is 4.28. The monoisotopic (exact) mass is 458 g/mol. The molecule has 0 aliphatic heterocycles. The van der Waals surface area contributed by atoms with E-state index in [1.54, 1.807) is 6.92 Å². The molecule has 0 saturated carbocycles. The number of carbonyl (C=O) groups excluding carboxylic acids is 2. The second kappa shape index (κ2) is 9.55. The van der Waals surface area contributed by atoms with Crippen LogP contribution in [0.4, 0.5) is 5.00 Å². The van der Waals surface area contributed by atoms with Crippen LogP contribution in [0.3, 0.4) is 0 Å². The van der Waals surface area contributed by atoms with Gasteiger partial charge >= 0.3 is 5.97 Å². The molecule has 0 aliphatic rings. The molecule has 2 aromatic heterocycles. The maximum atomic E-state index is 13.6. The molecule has 6 heteroatoms. The number of carbonyl (C=O) groups is 2. The molecule has 1 N–H and O–H groups in total. The van der Waals surface area contributed by atoms with Gasteiger partial charge in [0.1, 0.15) is 5.00 Å². The van der Waals surface area contributed by atoms with Crippen LogP contribution in [0.2, 0.25) is 0 Å². The molecule has 2 aromatic carbocycles. The molecule has 0 unspecified atom stereocenters. The van der Waals surface area contributed by atoms with Crippen LogP contribution in [0.25, 0.3) is 22.2 Å². The van der Waals surface area contributed by atoms with Crippen LogP contribution in [-0.2, 0) is 11.2 Å². The summed E-state index contributed by atoms with van der Waals surface area (Å²) in [6.45, 7) is 8.03. The minimum atomic E-state index is -0.408.